The molecule has 2 aromatic rings. The van der Waals surface area contributed by atoms with Gasteiger partial charge in [0.25, 0.3) is 0 Å². The molecule has 0 bridgehead atoms. The number of carbonyl (C=O) groups excluding carboxylic acids is 1. The first kappa shape index (κ1) is 17.2. The molecule has 0 fully saturated rings. The second-order valence-electron chi connectivity index (χ2n) is 5.37. The Hall–Kier alpha value is -2.15. The average Bonchev–Trinajstić information content (AvgIpc) is 2.46. The molecule has 4 nitrogen and oxygen atoms in total. The maximum Gasteiger partial charge on any atom is 0.417 e. The second kappa shape index (κ2) is 6.16. The van der Waals surface area contributed by atoms with Crippen molar-refractivity contribution in [3.05, 3.63) is 41.6 Å². The van der Waals surface area contributed by atoms with E-state index < -0.39 is 24.1 Å². The van der Waals surface area contributed by atoms with Gasteiger partial charge in [-0.1, -0.05) is 17.7 Å². The van der Waals surface area contributed by atoms with Crippen LogP contribution in [0.5, 0.6) is 0 Å². The maximum atomic E-state index is 13.3. The minimum absolute atomic E-state index is 0.0780. The van der Waals surface area contributed by atoms with E-state index in [9.17, 15) is 18.0 Å². The molecule has 1 unspecified atom stereocenters. The van der Waals surface area contributed by atoms with Crippen LogP contribution in [0.3, 0.4) is 0 Å². The smallest absolute Gasteiger partial charge is 0.417 e. The number of pyridine rings is 1. The van der Waals surface area contributed by atoms with E-state index >= 15 is 0 Å². The first-order valence-electron chi connectivity index (χ1n) is 7.06. The van der Waals surface area contributed by atoms with Gasteiger partial charge in [0, 0.05) is 17.5 Å². The lowest BCUT2D eigenvalue weighted by Gasteiger charge is -2.29. The Morgan fingerprint density at radius 1 is 1.26 bits per heavy atom. The molecule has 0 radical (unpaired) electrons. The van der Waals surface area contributed by atoms with Crippen molar-refractivity contribution in [2.24, 2.45) is 5.73 Å². The van der Waals surface area contributed by atoms with E-state index in [2.05, 4.69) is 9.72 Å². The maximum absolute atomic E-state index is 13.3. The van der Waals surface area contributed by atoms with Gasteiger partial charge in [-0.05, 0) is 32.0 Å². The number of hydrogen-bond donors (Lipinski definition) is 1. The van der Waals surface area contributed by atoms with Gasteiger partial charge in [0.15, 0.2) is 0 Å². The van der Waals surface area contributed by atoms with Crippen LogP contribution in [0.1, 0.15) is 18.2 Å². The summed E-state index contributed by atoms with van der Waals surface area (Å²) in [6.45, 7) is 3.15. The Labute approximate surface area is 131 Å². The molecule has 1 atom stereocenters. The van der Waals surface area contributed by atoms with E-state index in [0.717, 1.165) is 10.9 Å². The van der Waals surface area contributed by atoms with Gasteiger partial charge in [0.2, 0.25) is 5.54 Å². The Balaban J connectivity index is 2.40. The minimum Gasteiger partial charge on any atom is -0.464 e. The fraction of sp³-hybridized carbons (Fsp3) is 0.375. The normalized spacial score (nSPS) is 14.5. The molecular weight excluding hydrogens is 309 g/mol. The fourth-order valence-electron chi connectivity index (χ4n) is 2.22. The molecule has 0 saturated carbocycles. The van der Waals surface area contributed by atoms with Crippen LogP contribution >= 0.6 is 0 Å². The lowest BCUT2D eigenvalue weighted by molar-refractivity contribution is -0.205. The molecule has 0 spiro atoms. The number of carbonyl (C=O) groups is 1. The monoisotopic (exact) mass is 326 g/mol. The summed E-state index contributed by atoms with van der Waals surface area (Å²) in [7, 11) is 0. The summed E-state index contributed by atoms with van der Waals surface area (Å²) < 4.78 is 44.3. The van der Waals surface area contributed by atoms with Crippen LogP contribution in [-0.4, -0.2) is 29.3 Å². The van der Waals surface area contributed by atoms with Crippen molar-refractivity contribution in [2.45, 2.75) is 32.0 Å². The quantitative estimate of drug-likeness (QED) is 0.878. The van der Waals surface area contributed by atoms with Crippen LogP contribution in [0.4, 0.5) is 13.2 Å². The second-order valence-corrected chi connectivity index (χ2v) is 5.37. The predicted molar refractivity (Wildman–Crippen MR) is 79.8 cm³/mol. The molecule has 0 aliphatic heterocycles. The number of aromatic nitrogens is 1. The van der Waals surface area contributed by atoms with Crippen LogP contribution in [0.15, 0.2) is 30.3 Å². The molecule has 0 aliphatic carbocycles. The van der Waals surface area contributed by atoms with E-state index in [1.807, 2.05) is 19.1 Å². The number of halogens is 3. The molecule has 23 heavy (non-hydrogen) atoms. The predicted octanol–water partition coefficient (Wildman–Crippen LogP) is 2.91. The number of aryl methyl sites for hydroxylation is 1. The van der Waals surface area contributed by atoms with Crippen LogP contribution in [0.25, 0.3) is 10.9 Å². The van der Waals surface area contributed by atoms with Gasteiger partial charge in [0.1, 0.15) is 0 Å². The van der Waals surface area contributed by atoms with Crippen molar-refractivity contribution < 1.29 is 22.7 Å². The Morgan fingerprint density at radius 2 is 1.96 bits per heavy atom. The van der Waals surface area contributed by atoms with Gasteiger partial charge in [0.05, 0.1) is 12.1 Å². The zero-order valence-electron chi connectivity index (χ0n) is 12.8. The van der Waals surface area contributed by atoms with Crippen molar-refractivity contribution in [1.29, 1.82) is 0 Å². The minimum atomic E-state index is -4.94. The highest BCUT2D eigenvalue weighted by Gasteiger charge is 2.59. The lowest BCUT2D eigenvalue weighted by Crippen LogP contribution is -2.61. The third-order valence-electron chi connectivity index (χ3n) is 3.51. The average molecular weight is 326 g/mol. The molecular formula is C16H17F3N2O2. The number of nitrogens with zero attached hydrogens (tertiary/aromatic N) is 1. The number of hydrogen-bond acceptors (Lipinski definition) is 4. The molecule has 1 aromatic heterocycles. The summed E-state index contributed by atoms with van der Waals surface area (Å²) in [6, 6.07) is 8.49. The summed E-state index contributed by atoms with van der Waals surface area (Å²) in [6.07, 6.45) is -5.72. The number of fused-ring (bicyclic) bond motifs is 1. The molecule has 0 amide bonds. The third kappa shape index (κ3) is 3.44. The molecule has 2 N–H and O–H groups in total. The molecule has 1 aromatic carbocycles. The molecule has 0 saturated heterocycles. The SMILES string of the molecule is CCOC(=O)C(N)(Cc1ccc2cc(C)ccc2n1)C(F)(F)F. The highest BCUT2D eigenvalue weighted by Crippen LogP contribution is 2.32. The number of nitrogens with two attached hydrogens (primary N) is 1. The summed E-state index contributed by atoms with van der Waals surface area (Å²) >= 11 is 0. The zero-order chi connectivity index (χ0) is 17.3. The van der Waals surface area contributed by atoms with E-state index in [-0.39, 0.29) is 12.3 Å². The topological polar surface area (TPSA) is 65.2 Å². The van der Waals surface area contributed by atoms with Crippen molar-refractivity contribution in [2.75, 3.05) is 6.61 Å². The van der Waals surface area contributed by atoms with Gasteiger partial charge in [-0.2, -0.15) is 13.2 Å². The third-order valence-corrected chi connectivity index (χ3v) is 3.51. The van der Waals surface area contributed by atoms with Crippen molar-refractivity contribution in [1.82, 2.24) is 4.98 Å². The number of benzene rings is 1. The molecule has 7 heteroatoms. The zero-order valence-corrected chi connectivity index (χ0v) is 12.8. The van der Waals surface area contributed by atoms with E-state index in [4.69, 9.17) is 5.73 Å². The van der Waals surface area contributed by atoms with E-state index in [1.165, 1.54) is 13.0 Å². The summed E-state index contributed by atoms with van der Waals surface area (Å²) in [5.41, 5.74) is 3.89. The number of esters is 1. The Kier molecular flexibility index (Phi) is 4.61. The van der Waals surface area contributed by atoms with Crippen LogP contribution in [0.2, 0.25) is 0 Å². The molecule has 1 heterocycles. The summed E-state index contributed by atoms with van der Waals surface area (Å²) in [5.74, 6) is -1.50. The largest absolute Gasteiger partial charge is 0.464 e. The van der Waals surface area contributed by atoms with Gasteiger partial charge < -0.3 is 10.5 Å². The van der Waals surface area contributed by atoms with Crippen molar-refractivity contribution >= 4 is 16.9 Å². The van der Waals surface area contributed by atoms with Gasteiger partial charge >= 0.3 is 12.1 Å². The van der Waals surface area contributed by atoms with Crippen LogP contribution < -0.4 is 5.73 Å². The number of ether oxygens (including phenoxy) is 1. The van der Waals surface area contributed by atoms with Crippen LogP contribution in [-0.2, 0) is 16.0 Å². The molecule has 2 rings (SSSR count). The van der Waals surface area contributed by atoms with Gasteiger partial charge in [-0.15, -0.1) is 0 Å². The Bertz CT molecular complexity index is 731. The standard InChI is InChI=1S/C16H17F3N2O2/c1-3-23-14(22)15(20,16(17,18)19)9-12-6-5-11-8-10(2)4-7-13(11)21-12/h4-8H,3,9,20H2,1-2H3. The fourth-order valence-corrected chi connectivity index (χ4v) is 2.22. The first-order chi connectivity index (χ1) is 10.7. The highest BCUT2D eigenvalue weighted by molar-refractivity contribution is 5.83. The summed E-state index contributed by atoms with van der Waals surface area (Å²) in [5, 5.41) is 0.805. The number of rotatable bonds is 4. The van der Waals surface area contributed by atoms with Crippen molar-refractivity contribution in [3.63, 3.8) is 0 Å². The molecule has 124 valence electrons. The van der Waals surface area contributed by atoms with Gasteiger partial charge in [-0.3, -0.25) is 4.98 Å². The molecule has 0 aliphatic rings. The number of alkyl halides is 3. The van der Waals surface area contributed by atoms with Crippen LogP contribution in [0, 0.1) is 6.92 Å². The van der Waals surface area contributed by atoms with E-state index in [1.54, 1.807) is 12.1 Å². The lowest BCUT2D eigenvalue weighted by atomic mass is 9.93. The highest BCUT2D eigenvalue weighted by atomic mass is 19.4. The summed E-state index contributed by atoms with van der Waals surface area (Å²) in [4.78, 5) is 15.9. The first-order valence-corrected chi connectivity index (χ1v) is 7.06. The van der Waals surface area contributed by atoms with Gasteiger partial charge in [-0.25, -0.2) is 4.79 Å². The van der Waals surface area contributed by atoms with E-state index in [0.29, 0.717) is 5.52 Å². The Morgan fingerprint density at radius 3 is 2.57 bits per heavy atom. The van der Waals surface area contributed by atoms with Crippen molar-refractivity contribution in [3.8, 4) is 0 Å².